The Balaban J connectivity index is 3.19. The lowest BCUT2D eigenvalue weighted by atomic mass is 10.2. The van der Waals surface area contributed by atoms with Gasteiger partial charge < -0.3 is 9.16 Å². The van der Waals surface area contributed by atoms with Crippen molar-refractivity contribution in [2.75, 3.05) is 6.61 Å². The van der Waals surface area contributed by atoms with Gasteiger partial charge in [0.15, 0.2) is 0 Å². The number of carbonyl (C=O) groups is 1. The van der Waals surface area contributed by atoms with E-state index in [-0.39, 0.29) is 11.6 Å². The lowest BCUT2D eigenvalue weighted by Crippen LogP contribution is -2.21. The molecule has 0 fully saturated rings. The topological polar surface area (TPSA) is 35.5 Å². The van der Waals surface area contributed by atoms with Gasteiger partial charge >= 0.3 is 5.97 Å². The van der Waals surface area contributed by atoms with Crippen molar-refractivity contribution in [2.45, 2.75) is 45.3 Å². The van der Waals surface area contributed by atoms with Crippen LogP contribution in [0, 0.1) is 0 Å². The van der Waals surface area contributed by atoms with E-state index in [0.717, 1.165) is 18.9 Å². The normalized spacial score (nSPS) is 11.1. The Morgan fingerprint density at radius 2 is 2.07 bits per heavy atom. The van der Waals surface area contributed by atoms with Crippen LogP contribution >= 0.6 is 0 Å². The summed E-state index contributed by atoms with van der Waals surface area (Å²) in [5.41, 5.74) is -0.0479. The Kier molecular flexibility index (Phi) is 7.34. The smallest absolute Gasteiger partial charge is 0.330 e. The van der Waals surface area contributed by atoms with E-state index in [0.29, 0.717) is 16.4 Å². The van der Waals surface area contributed by atoms with E-state index in [9.17, 15) is 4.79 Å². The van der Waals surface area contributed by atoms with Gasteiger partial charge in [0, 0.05) is 11.7 Å². The van der Waals surface area contributed by atoms with Crippen LogP contribution in [0.4, 0.5) is 0 Å². The van der Waals surface area contributed by atoms with Crippen molar-refractivity contribution in [1.82, 2.24) is 0 Å². The largest absolute Gasteiger partial charge is 0.463 e. The summed E-state index contributed by atoms with van der Waals surface area (Å²) in [5, 5.41) is 0. The monoisotopic (exact) mass is 228 g/mol. The first-order valence-electron chi connectivity index (χ1n) is 5.16. The Labute approximate surface area is 94.8 Å². The molecule has 0 saturated carbocycles. The second-order valence-corrected chi connectivity index (χ2v) is 5.18. The molecule has 0 amide bonds. The van der Waals surface area contributed by atoms with Crippen LogP contribution < -0.4 is 0 Å². The van der Waals surface area contributed by atoms with Gasteiger partial charge in [-0.1, -0.05) is 13.0 Å². The summed E-state index contributed by atoms with van der Waals surface area (Å²) < 4.78 is 10.4. The molecule has 4 heteroatoms. The molecule has 0 rings (SSSR count). The molecule has 0 aromatic carbocycles. The number of carbonyl (C=O) groups excluding carboxylic acids is 1. The fourth-order valence-corrected chi connectivity index (χ4v) is 1.73. The van der Waals surface area contributed by atoms with Crippen LogP contribution in [0.3, 0.4) is 0 Å². The number of esters is 1. The van der Waals surface area contributed by atoms with E-state index < -0.39 is 0 Å². The van der Waals surface area contributed by atoms with Crippen molar-refractivity contribution in [1.29, 1.82) is 0 Å². The predicted octanol–water partition coefficient (Wildman–Crippen LogP) is 2.35. The second kappa shape index (κ2) is 7.65. The van der Waals surface area contributed by atoms with Crippen molar-refractivity contribution in [3.8, 4) is 0 Å². The Bertz CT molecular complexity index is 196. The Morgan fingerprint density at radius 1 is 1.40 bits per heavy atom. The Morgan fingerprint density at radius 3 is 2.60 bits per heavy atom. The molecule has 0 aromatic heterocycles. The van der Waals surface area contributed by atoms with Crippen LogP contribution in [-0.2, 0) is 14.0 Å². The van der Waals surface area contributed by atoms with E-state index >= 15 is 0 Å². The molecule has 0 aliphatic heterocycles. The molecule has 0 unspecified atom stereocenters. The average molecular weight is 228 g/mol. The van der Waals surface area contributed by atoms with Crippen LogP contribution in [-0.4, -0.2) is 27.9 Å². The van der Waals surface area contributed by atoms with Gasteiger partial charge in [-0.25, -0.2) is 4.79 Å². The summed E-state index contributed by atoms with van der Waals surface area (Å²) >= 11 is 0. The van der Waals surface area contributed by atoms with Gasteiger partial charge in [-0.15, -0.1) is 0 Å². The first-order valence-corrected chi connectivity index (χ1v) is 6.27. The number of rotatable bonds is 7. The molecule has 15 heavy (non-hydrogen) atoms. The molecular formula is C11H20O3Si. The molecule has 0 atom stereocenters. The van der Waals surface area contributed by atoms with Gasteiger partial charge in [-0.2, -0.15) is 0 Å². The third-order valence-corrected chi connectivity index (χ3v) is 2.78. The Hall–Kier alpha value is -0.613. The molecular weight excluding hydrogens is 208 g/mol. The third-order valence-electron chi connectivity index (χ3n) is 1.46. The zero-order valence-corrected chi connectivity index (χ0v) is 10.8. The number of unbranched alkanes of at least 4 members (excludes halogenated alkanes) is 1. The van der Waals surface area contributed by atoms with E-state index in [2.05, 4.69) is 6.58 Å². The van der Waals surface area contributed by atoms with Gasteiger partial charge in [0.05, 0.1) is 6.61 Å². The number of hydrogen-bond acceptors (Lipinski definition) is 3. The fraction of sp³-hybridized carbons (Fsp3) is 0.727. The van der Waals surface area contributed by atoms with Gasteiger partial charge in [0.1, 0.15) is 0 Å². The molecule has 0 spiro atoms. The quantitative estimate of drug-likeness (QED) is 0.290. The summed E-state index contributed by atoms with van der Waals surface area (Å²) in [4.78, 5) is 10.7. The summed E-state index contributed by atoms with van der Waals surface area (Å²) in [7, 11) is 0.529. The maximum absolute atomic E-state index is 10.7. The first-order chi connectivity index (χ1) is 6.95. The highest BCUT2D eigenvalue weighted by Crippen LogP contribution is 2.07. The maximum Gasteiger partial charge on any atom is 0.330 e. The molecule has 3 nitrogen and oxygen atoms in total. The number of hydrogen-bond donors (Lipinski definition) is 0. The molecule has 0 heterocycles. The molecule has 0 aliphatic rings. The van der Waals surface area contributed by atoms with Crippen LogP contribution in [0.15, 0.2) is 12.7 Å². The summed E-state index contributed by atoms with van der Waals surface area (Å²) in [6.45, 7) is 9.94. The lowest BCUT2D eigenvalue weighted by molar-refractivity contribution is -0.137. The lowest BCUT2D eigenvalue weighted by Gasteiger charge is -2.18. The van der Waals surface area contributed by atoms with Crippen LogP contribution in [0.25, 0.3) is 0 Å². The van der Waals surface area contributed by atoms with Gasteiger partial charge in [0.2, 0.25) is 9.76 Å². The third kappa shape index (κ3) is 11.3. The van der Waals surface area contributed by atoms with Crippen molar-refractivity contribution in [3.05, 3.63) is 12.7 Å². The SMILES string of the molecule is C=CC(=O)OCCCC[Si]OC(C)(C)C. The van der Waals surface area contributed by atoms with Crippen molar-refractivity contribution in [3.63, 3.8) is 0 Å². The minimum absolute atomic E-state index is 0.0479. The molecule has 0 saturated heterocycles. The summed E-state index contributed by atoms with van der Waals surface area (Å²) in [6.07, 6.45) is 3.10. The highest BCUT2D eigenvalue weighted by molar-refractivity contribution is 6.27. The fourth-order valence-electron chi connectivity index (χ4n) is 0.798. The van der Waals surface area contributed by atoms with Crippen molar-refractivity contribution < 1.29 is 14.0 Å². The molecule has 0 bridgehead atoms. The molecule has 0 aromatic rings. The van der Waals surface area contributed by atoms with E-state index in [1.807, 2.05) is 20.8 Å². The minimum atomic E-state index is -0.344. The standard InChI is InChI=1S/C11H20O3Si/c1-5-10(12)13-8-6-7-9-15-14-11(2,3)4/h5H,1,6-9H2,2-4H3. The van der Waals surface area contributed by atoms with E-state index in [4.69, 9.17) is 9.16 Å². The zero-order valence-electron chi connectivity index (χ0n) is 9.84. The van der Waals surface area contributed by atoms with Crippen LogP contribution in [0.1, 0.15) is 33.6 Å². The number of ether oxygens (including phenoxy) is 1. The van der Waals surface area contributed by atoms with Crippen LogP contribution in [0.5, 0.6) is 0 Å². The van der Waals surface area contributed by atoms with Crippen molar-refractivity contribution >= 4 is 15.7 Å². The zero-order chi connectivity index (χ0) is 11.7. The molecule has 0 aliphatic carbocycles. The highest BCUT2D eigenvalue weighted by atomic mass is 28.2. The van der Waals surface area contributed by atoms with Gasteiger partial charge in [-0.3, -0.25) is 0 Å². The molecule has 86 valence electrons. The van der Waals surface area contributed by atoms with Gasteiger partial charge in [0.25, 0.3) is 0 Å². The van der Waals surface area contributed by atoms with Crippen LogP contribution in [0.2, 0.25) is 6.04 Å². The average Bonchev–Trinajstić information content (AvgIpc) is 2.14. The predicted molar refractivity (Wildman–Crippen MR) is 61.8 cm³/mol. The second-order valence-electron chi connectivity index (χ2n) is 4.19. The maximum atomic E-state index is 10.7. The highest BCUT2D eigenvalue weighted by Gasteiger charge is 2.09. The van der Waals surface area contributed by atoms with Gasteiger partial charge in [-0.05, 0) is 33.2 Å². The summed E-state index contributed by atoms with van der Waals surface area (Å²) in [6, 6.07) is 1.03. The van der Waals surface area contributed by atoms with E-state index in [1.165, 1.54) is 6.08 Å². The first kappa shape index (κ1) is 14.4. The molecule has 0 N–H and O–H groups in total. The molecule has 2 radical (unpaired) electrons. The van der Waals surface area contributed by atoms with Crippen molar-refractivity contribution in [2.24, 2.45) is 0 Å². The van der Waals surface area contributed by atoms with E-state index in [1.54, 1.807) is 0 Å². The minimum Gasteiger partial charge on any atom is -0.463 e. The summed E-state index contributed by atoms with van der Waals surface area (Å²) in [5.74, 6) is -0.344.